The maximum atomic E-state index is 13.3. The van der Waals surface area contributed by atoms with Crippen LogP contribution in [0.1, 0.15) is 35.8 Å². The Bertz CT molecular complexity index is 821. The highest BCUT2D eigenvalue weighted by molar-refractivity contribution is 5.95. The lowest BCUT2D eigenvalue weighted by Gasteiger charge is -2.31. The highest BCUT2D eigenvalue weighted by Gasteiger charge is 2.28. The molecule has 2 aromatic rings. The molecule has 6 heteroatoms. The molecule has 0 N–H and O–H groups in total. The quantitative estimate of drug-likeness (QED) is 0.730. The first-order chi connectivity index (χ1) is 13.0. The van der Waals surface area contributed by atoms with Crippen molar-refractivity contribution in [3.63, 3.8) is 0 Å². The fourth-order valence-corrected chi connectivity index (χ4v) is 3.09. The van der Waals surface area contributed by atoms with Crippen LogP contribution in [-0.4, -0.2) is 37.2 Å². The van der Waals surface area contributed by atoms with Gasteiger partial charge in [-0.1, -0.05) is 37.3 Å². The zero-order chi connectivity index (χ0) is 19.4. The number of ether oxygens (including phenoxy) is 3. The first kappa shape index (κ1) is 18.8. The van der Waals surface area contributed by atoms with E-state index < -0.39 is 5.92 Å². The summed E-state index contributed by atoms with van der Waals surface area (Å²) in [4.78, 5) is 26.9. The second-order valence-corrected chi connectivity index (χ2v) is 6.54. The monoisotopic (exact) mass is 369 g/mol. The molecule has 0 aliphatic carbocycles. The minimum Gasteiger partial charge on any atom is -0.469 e. The van der Waals surface area contributed by atoms with Gasteiger partial charge in [0.25, 0.3) is 5.91 Å². The molecule has 0 saturated heterocycles. The zero-order valence-electron chi connectivity index (χ0n) is 15.7. The van der Waals surface area contributed by atoms with Crippen molar-refractivity contribution in [1.29, 1.82) is 0 Å². The predicted octanol–water partition coefficient (Wildman–Crippen LogP) is 3.43. The number of hydrogen-bond donors (Lipinski definition) is 0. The molecule has 1 aliphatic heterocycles. The lowest BCUT2D eigenvalue weighted by atomic mass is 10.0. The van der Waals surface area contributed by atoms with Crippen LogP contribution in [0, 0.1) is 5.92 Å². The van der Waals surface area contributed by atoms with E-state index in [0.717, 1.165) is 5.56 Å². The lowest BCUT2D eigenvalue weighted by Crippen LogP contribution is -2.39. The smallest absolute Gasteiger partial charge is 0.310 e. The molecule has 0 spiro atoms. The second-order valence-electron chi connectivity index (χ2n) is 6.54. The molecular formula is C21H23NO5. The Morgan fingerprint density at radius 2 is 1.78 bits per heavy atom. The minimum absolute atomic E-state index is 0.149. The molecule has 2 aromatic carbocycles. The van der Waals surface area contributed by atoms with Gasteiger partial charge in [0.05, 0.1) is 19.1 Å². The van der Waals surface area contributed by atoms with Crippen molar-refractivity contribution in [2.45, 2.75) is 19.9 Å². The molecule has 0 radical (unpaired) electrons. The number of fused-ring (bicyclic) bond motifs is 1. The fraction of sp³-hybridized carbons (Fsp3) is 0.333. The molecule has 1 heterocycles. The van der Waals surface area contributed by atoms with E-state index >= 15 is 0 Å². The summed E-state index contributed by atoms with van der Waals surface area (Å²) in [5, 5.41) is 0. The van der Waals surface area contributed by atoms with Crippen LogP contribution in [0.2, 0.25) is 0 Å². The van der Waals surface area contributed by atoms with Crippen molar-refractivity contribution in [2.24, 2.45) is 5.92 Å². The maximum absolute atomic E-state index is 13.3. The molecule has 2 atom stereocenters. The van der Waals surface area contributed by atoms with Gasteiger partial charge in [-0.25, -0.2) is 0 Å². The Kier molecular flexibility index (Phi) is 5.64. The van der Waals surface area contributed by atoms with Crippen molar-refractivity contribution in [3.05, 3.63) is 59.7 Å². The van der Waals surface area contributed by atoms with Crippen LogP contribution in [-0.2, 0) is 9.53 Å². The first-order valence-electron chi connectivity index (χ1n) is 8.84. The topological polar surface area (TPSA) is 65.1 Å². The molecule has 1 aliphatic rings. The Morgan fingerprint density at radius 1 is 1.07 bits per heavy atom. The largest absolute Gasteiger partial charge is 0.469 e. The number of esters is 1. The molecule has 2 unspecified atom stereocenters. The van der Waals surface area contributed by atoms with Crippen LogP contribution in [0.5, 0.6) is 11.5 Å². The van der Waals surface area contributed by atoms with E-state index in [4.69, 9.17) is 14.2 Å². The molecule has 0 fully saturated rings. The highest BCUT2D eigenvalue weighted by Crippen LogP contribution is 2.33. The lowest BCUT2D eigenvalue weighted by molar-refractivity contribution is -0.145. The van der Waals surface area contributed by atoms with Gasteiger partial charge in [0, 0.05) is 12.1 Å². The third kappa shape index (κ3) is 4.05. The average Bonchev–Trinajstić information content (AvgIpc) is 3.18. The maximum Gasteiger partial charge on any atom is 0.310 e. The van der Waals surface area contributed by atoms with Gasteiger partial charge < -0.3 is 19.1 Å². The highest BCUT2D eigenvalue weighted by atomic mass is 16.7. The molecular weight excluding hydrogens is 346 g/mol. The molecule has 6 nitrogen and oxygen atoms in total. The Labute approximate surface area is 158 Å². The number of methoxy groups -OCH3 is 1. The van der Waals surface area contributed by atoms with Gasteiger partial charge in [0.15, 0.2) is 11.5 Å². The van der Waals surface area contributed by atoms with E-state index in [9.17, 15) is 9.59 Å². The molecule has 27 heavy (non-hydrogen) atoms. The van der Waals surface area contributed by atoms with Crippen molar-refractivity contribution in [1.82, 2.24) is 4.90 Å². The summed E-state index contributed by atoms with van der Waals surface area (Å²) in [5.41, 5.74) is 1.47. The average molecular weight is 369 g/mol. The summed E-state index contributed by atoms with van der Waals surface area (Å²) in [6.07, 6.45) is 0. The van der Waals surface area contributed by atoms with Crippen LogP contribution in [0.15, 0.2) is 48.5 Å². The van der Waals surface area contributed by atoms with Gasteiger partial charge in [-0.3, -0.25) is 9.59 Å². The third-order valence-corrected chi connectivity index (χ3v) is 4.70. The predicted molar refractivity (Wildman–Crippen MR) is 99.6 cm³/mol. The zero-order valence-corrected chi connectivity index (χ0v) is 15.7. The number of carbonyl (C=O) groups is 2. The summed E-state index contributed by atoms with van der Waals surface area (Å²) in [7, 11) is 1.35. The standard InChI is InChI=1S/C21H23NO5/c1-14(21(24)25-3)12-22(15(2)16-7-5-4-6-8-16)20(23)17-9-10-18-19(11-17)27-13-26-18/h4-11,14-15H,12-13H2,1-3H3. The minimum atomic E-state index is -0.445. The number of amides is 1. The van der Waals surface area contributed by atoms with Gasteiger partial charge in [0.1, 0.15) is 0 Å². The number of hydrogen-bond acceptors (Lipinski definition) is 5. The molecule has 1 amide bonds. The van der Waals surface area contributed by atoms with Crippen LogP contribution in [0.3, 0.4) is 0 Å². The summed E-state index contributed by atoms with van der Waals surface area (Å²) in [6.45, 7) is 4.10. The molecule has 142 valence electrons. The first-order valence-corrected chi connectivity index (χ1v) is 8.84. The van der Waals surface area contributed by atoms with Gasteiger partial charge in [-0.15, -0.1) is 0 Å². The molecule has 0 aromatic heterocycles. The van der Waals surface area contributed by atoms with E-state index in [1.54, 1.807) is 30.0 Å². The van der Waals surface area contributed by atoms with Gasteiger partial charge >= 0.3 is 5.97 Å². The Balaban J connectivity index is 1.90. The fourth-order valence-electron chi connectivity index (χ4n) is 3.09. The van der Waals surface area contributed by atoms with Crippen molar-refractivity contribution >= 4 is 11.9 Å². The van der Waals surface area contributed by atoms with Crippen LogP contribution >= 0.6 is 0 Å². The van der Waals surface area contributed by atoms with Crippen molar-refractivity contribution < 1.29 is 23.8 Å². The van der Waals surface area contributed by atoms with E-state index in [-0.39, 0.29) is 31.3 Å². The Morgan fingerprint density at radius 3 is 2.48 bits per heavy atom. The normalized spacial score (nSPS) is 14.3. The molecule has 0 saturated carbocycles. The molecule has 3 rings (SSSR count). The van der Waals surface area contributed by atoms with Crippen LogP contribution in [0.25, 0.3) is 0 Å². The van der Waals surface area contributed by atoms with E-state index in [0.29, 0.717) is 17.1 Å². The second kappa shape index (κ2) is 8.12. The number of benzene rings is 2. The van der Waals surface area contributed by atoms with Crippen LogP contribution < -0.4 is 9.47 Å². The van der Waals surface area contributed by atoms with Crippen LogP contribution in [0.4, 0.5) is 0 Å². The summed E-state index contributed by atoms with van der Waals surface area (Å²) in [5.74, 6) is 0.199. The number of carbonyl (C=O) groups excluding carboxylic acids is 2. The van der Waals surface area contributed by atoms with Gasteiger partial charge in [-0.05, 0) is 30.7 Å². The van der Waals surface area contributed by atoms with E-state index in [1.807, 2.05) is 37.3 Å². The summed E-state index contributed by atoms with van der Waals surface area (Å²) in [6, 6.07) is 14.6. The number of rotatable bonds is 6. The van der Waals surface area contributed by atoms with E-state index in [2.05, 4.69) is 0 Å². The summed E-state index contributed by atoms with van der Waals surface area (Å²) >= 11 is 0. The van der Waals surface area contributed by atoms with Gasteiger partial charge in [-0.2, -0.15) is 0 Å². The summed E-state index contributed by atoms with van der Waals surface area (Å²) < 4.78 is 15.5. The Hall–Kier alpha value is -3.02. The third-order valence-electron chi connectivity index (χ3n) is 4.70. The van der Waals surface area contributed by atoms with Gasteiger partial charge in [0.2, 0.25) is 6.79 Å². The number of nitrogens with zero attached hydrogens (tertiary/aromatic N) is 1. The molecule has 0 bridgehead atoms. The van der Waals surface area contributed by atoms with Crippen molar-refractivity contribution in [3.8, 4) is 11.5 Å². The van der Waals surface area contributed by atoms with E-state index in [1.165, 1.54) is 7.11 Å². The van der Waals surface area contributed by atoms with Crippen molar-refractivity contribution in [2.75, 3.05) is 20.4 Å². The SMILES string of the molecule is COC(=O)C(C)CN(C(=O)c1ccc2c(c1)OCO2)C(C)c1ccccc1.